The molecule has 18 heavy (non-hydrogen) atoms. The van der Waals surface area contributed by atoms with E-state index in [1.165, 1.54) is 22.8 Å². The molecule has 100 valence electrons. The number of hydrogen-bond donors (Lipinski definition) is 1. The molecule has 0 saturated carbocycles. The predicted octanol–water partition coefficient (Wildman–Crippen LogP) is 0.463. The van der Waals surface area contributed by atoms with E-state index in [0.29, 0.717) is 13.1 Å². The highest BCUT2D eigenvalue weighted by atomic mass is 32.2. The Morgan fingerprint density at radius 3 is 3.00 bits per heavy atom. The molecule has 0 bridgehead atoms. The highest BCUT2D eigenvalue weighted by molar-refractivity contribution is 7.89. The third-order valence-corrected chi connectivity index (χ3v) is 5.02. The van der Waals surface area contributed by atoms with Crippen molar-refractivity contribution in [1.29, 1.82) is 0 Å². The summed E-state index contributed by atoms with van der Waals surface area (Å²) in [5.74, 6) is 0. The Bertz CT molecular complexity index is 518. The van der Waals surface area contributed by atoms with Gasteiger partial charge in [0.25, 0.3) is 0 Å². The van der Waals surface area contributed by atoms with Crippen LogP contribution in [0, 0.1) is 0 Å². The Morgan fingerprint density at radius 1 is 1.56 bits per heavy atom. The lowest BCUT2D eigenvalue weighted by Gasteiger charge is -2.31. The van der Waals surface area contributed by atoms with Crippen molar-refractivity contribution < 1.29 is 13.2 Å². The summed E-state index contributed by atoms with van der Waals surface area (Å²) < 4.78 is 31.5. The van der Waals surface area contributed by atoms with Crippen LogP contribution in [0.2, 0.25) is 0 Å². The summed E-state index contributed by atoms with van der Waals surface area (Å²) in [4.78, 5) is 3.90. The van der Waals surface area contributed by atoms with Crippen LogP contribution in [-0.4, -0.2) is 44.0 Å². The van der Waals surface area contributed by atoms with E-state index < -0.39 is 10.0 Å². The van der Waals surface area contributed by atoms with Gasteiger partial charge in [0.15, 0.2) is 0 Å². The van der Waals surface area contributed by atoms with E-state index in [9.17, 15) is 8.42 Å². The maximum Gasteiger partial charge on any atom is 0.246 e. The molecular weight excluding hydrogens is 254 g/mol. The third-order valence-electron chi connectivity index (χ3n) is 3.11. The van der Waals surface area contributed by atoms with Crippen LogP contribution in [0.4, 0.5) is 5.69 Å². The Morgan fingerprint density at radius 2 is 2.33 bits per heavy atom. The minimum Gasteiger partial charge on any atom is -0.398 e. The molecule has 0 spiro atoms. The largest absolute Gasteiger partial charge is 0.398 e. The van der Waals surface area contributed by atoms with Crippen molar-refractivity contribution >= 4 is 15.7 Å². The molecule has 0 radical (unpaired) electrons. The number of sulfonamides is 1. The first kappa shape index (κ1) is 13.3. The van der Waals surface area contributed by atoms with Gasteiger partial charge in [0.2, 0.25) is 10.0 Å². The van der Waals surface area contributed by atoms with Crippen molar-refractivity contribution in [2.45, 2.75) is 23.8 Å². The van der Waals surface area contributed by atoms with Gasteiger partial charge in [-0.1, -0.05) is 0 Å². The molecule has 2 N–H and O–H groups in total. The molecule has 1 aliphatic rings. The highest BCUT2D eigenvalue weighted by Gasteiger charge is 2.31. The summed E-state index contributed by atoms with van der Waals surface area (Å²) in [6, 6.07) is 1.49. The summed E-state index contributed by atoms with van der Waals surface area (Å²) >= 11 is 0. The Balaban J connectivity index is 2.29. The van der Waals surface area contributed by atoms with Gasteiger partial charge in [0.1, 0.15) is 4.90 Å². The maximum atomic E-state index is 12.4. The quantitative estimate of drug-likeness (QED) is 0.863. The SMILES string of the molecule is COC1CCCN(S(=O)(=O)c2cnccc2N)C1. The van der Waals surface area contributed by atoms with E-state index >= 15 is 0 Å². The first-order valence-electron chi connectivity index (χ1n) is 5.78. The number of methoxy groups -OCH3 is 1. The Labute approximate surface area is 107 Å². The number of nitrogens with zero attached hydrogens (tertiary/aromatic N) is 2. The first-order valence-corrected chi connectivity index (χ1v) is 7.22. The lowest BCUT2D eigenvalue weighted by Crippen LogP contribution is -2.43. The van der Waals surface area contributed by atoms with Gasteiger partial charge >= 0.3 is 0 Å². The number of rotatable bonds is 3. The molecule has 6 nitrogen and oxygen atoms in total. The van der Waals surface area contributed by atoms with Crippen LogP contribution >= 0.6 is 0 Å². The van der Waals surface area contributed by atoms with Gasteiger partial charge in [-0.2, -0.15) is 4.31 Å². The molecule has 1 aromatic rings. The smallest absolute Gasteiger partial charge is 0.246 e. The average Bonchev–Trinajstić information content (AvgIpc) is 2.39. The van der Waals surface area contributed by atoms with Gasteiger partial charge in [-0.3, -0.25) is 4.98 Å². The Kier molecular flexibility index (Phi) is 3.84. The molecule has 2 rings (SSSR count). The van der Waals surface area contributed by atoms with Crippen LogP contribution in [-0.2, 0) is 14.8 Å². The van der Waals surface area contributed by atoms with E-state index in [0.717, 1.165) is 12.8 Å². The fraction of sp³-hybridized carbons (Fsp3) is 0.545. The molecule has 1 atom stereocenters. The van der Waals surface area contributed by atoms with Crippen LogP contribution < -0.4 is 5.73 Å². The molecule has 1 fully saturated rings. The number of aromatic nitrogens is 1. The second-order valence-electron chi connectivity index (χ2n) is 4.28. The van der Waals surface area contributed by atoms with Gasteiger partial charge < -0.3 is 10.5 Å². The van der Waals surface area contributed by atoms with E-state index in [1.54, 1.807) is 7.11 Å². The number of piperidine rings is 1. The predicted molar refractivity (Wildman–Crippen MR) is 67.4 cm³/mol. The molecule has 1 aliphatic heterocycles. The summed E-state index contributed by atoms with van der Waals surface area (Å²) in [6.07, 6.45) is 4.39. The third kappa shape index (κ3) is 2.47. The molecule has 0 aliphatic carbocycles. The number of nitrogens with two attached hydrogens (primary N) is 1. The molecule has 0 amide bonds. The molecular formula is C11H17N3O3S. The van der Waals surface area contributed by atoms with E-state index in [1.807, 2.05) is 0 Å². The topological polar surface area (TPSA) is 85.5 Å². The number of pyridine rings is 1. The summed E-state index contributed by atoms with van der Waals surface area (Å²) in [5.41, 5.74) is 5.93. The van der Waals surface area contributed by atoms with Crippen LogP contribution in [0.5, 0.6) is 0 Å². The minimum absolute atomic E-state index is 0.0496. The molecule has 7 heteroatoms. The van der Waals surface area contributed by atoms with Gasteiger partial charge in [0, 0.05) is 32.6 Å². The molecule has 1 saturated heterocycles. The number of hydrogen-bond acceptors (Lipinski definition) is 5. The number of nitrogen functional groups attached to an aromatic ring is 1. The highest BCUT2D eigenvalue weighted by Crippen LogP contribution is 2.24. The van der Waals surface area contributed by atoms with Crippen molar-refractivity contribution in [2.75, 3.05) is 25.9 Å². The zero-order valence-corrected chi connectivity index (χ0v) is 11.1. The minimum atomic E-state index is -3.57. The first-order chi connectivity index (χ1) is 8.55. The van der Waals surface area contributed by atoms with Crippen molar-refractivity contribution in [2.24, 2.45) is 0 Å². The van der Waals surface area contributed by atoms with Gasteiger partial charge in [-0.25, -0.2) is 8.42 Å². The van der Waals surface area contributed by atoms with Crippen molar-refractivity contribution in [3.63, 3.8) is 0 Å². The van der Waals surface area contributed by atoms with Crippen LogP contribution in [0.15, 0.2) is 23.4 Å². The van der Waals surface area contributed by atoms with Crippen LogP contribution in [0.3, 0.4) is 0 Å². The summed E-state index contributed by atoms with van der Waals surface area (Å²) in [6.45, 7) is 0.865. The van der Waals surface area contributed by atoms with Crippen LogP contribution in [0.1, 0.15) is 12.8 Å². The maximum absolute atomic E-state index is 12.4. The second-order valence-corrected chi connectivity index (χ2v) is 6.18. The fourth-order valence-corrected chi connectivity index (χ4v) is 3.63. The summed E-state index contributed by atoms with van der Waals surface area (Å²) in [5, 5.41) is 0. The van der Waals surface area contributed by atoms with E-state index in [-0.39, 0.29) is 16.7 Å². The molecule has 2 heterocycles. The van der Waals surface area contributed by atoms with Crippen molar-refractivity contribution in [3.8, 4) is 0 Å². The second kappa shape index (κ2) is 5.21. The standard InChI is InChI=1S/C11H17N3O3S/c1-17-9-3-2-6-14(8-9)18(15,16)11-7-13-5-4-10(11)12/h4-5,7,9H,2-3,6,8H2,1H3,(H2,12,13). The van der Waals surface area contributed by atoms with Crippen LogP contribution in [0.25, 0.3) is 0 Å². The fourth-order valence-electron chi connectivity index (χ4n) is 2.06. The number of anilines is 1. The monoisotopic (exact) mass is 271 g/mol. The zero-order chi connectivity index (χ0) is 13.2. The lowest BCUT2D eigenvalue weighted by molar-refractivity contribution is 0.0572. The van der Waals surface area contributed by atoms with E-state index in [4.69, 9.17) is 10.5 Å². The normalized spacial score (nSPS) is 21.9. The average molecular weight is 271 g/mol. The summed E-state index contributed by atoms with van der Waals surface area (Å²) in [7, 11) is -1.97. The zero-order valence-electron chi connectivity index (χ0n) is 10.2. The van der Waals surface area contributed by atoms with Gasteiger partial charge in [-0.15, -0.1) is 0 Å². The van der Waals surface area contributed by atoms with Crippen molar-refractivity contribution in [1.82, 2.24) is 9.29 Å². The molecule has 1 unspecified atom stereocenters. The molecule has 0 aromatic carbocycles. The Hall–Kier alpha value is -1.18. The van der Waals surface area contributed by atoms with Crippen molar-refractivity contribution in [3.05, 3.63) is 18.5 Å². The van der Waals surface area contributed by atoms with E-state index in [2.05, 4.69) is 4.98 Å². The van der Waals surface area contributed by atoms with Gasteiger partial charge in [-0.05, 0) is 18.9 Å². The molecule has 1 aromatic heterocycles. The lowest BCUT2D eigenvalue weighted by atomic mass is 10.1. The van der Waals surface area contributed by atoms with Gasteiger partial charge in [0.05, 0.1) is 11.8 Å². The number of ether oxygens (including phenoxy) is 1.